The average molecular weight is 418 g/mol. The monoisotopic (exact) mass is 418 g/mol. The molecule has 0 bridgehead atoms. The molecule has 0 aliphatic carbocycles. The summed E-state index contributed by atoms with van der Waals surface area (Å²) in [5.41, 5.74) is 1.70. The number of nitrogens with zero attached hydrogens (tertiary/aromatic N) is 5. The van der Waals surface area contributed by atoms with E-state index in [1.807, 2.05) is 11.1 Å². The minimum Gasteiger partial charge on any atom is -0.338 e. The van der Waals surface area contributed by atoms with Crippen LogP contribution in [0.15, 0.2) is 35.4 Å². The second-order valence-corrected chi connectivity index (χ2v) is 9.06. The van der Waals surface area contributed by atoms with Crippen LogP contribution >= 0.6 is 0 Å². The van der Waals surface area contributed by atoms with Gasteiger partial charge in [0.1, 0.15) is 0 Å². The molecule has 10 nitrogen and oxygen atoms in total. The van der Waals surface area contributed by atoms with Crippen molar-refractivity contribution in [3.8, 4) is 0 Å². The van der Waals surface area contributed by atoms with Crippen molar-refractivity contribution in [2.75, 3.05) is 31.1 Å². The molecule has 4 rings (SSSR count). The number of piperazine rings is 1. The normalized spacial score (nSPS) is 20.3. The molecule has 1 aromatic carbocycles. The summed E-state index contributed by atoms with van der Waals surface area (Å²) in [5.74, 6) is 0.597. The Kier molecular flexibility index (Phi) is 5.19. The second kappa shape index (κ2) is 7.65. The third kappa shape index (κ3) is 3.68. The third-order valence-electron chi connectivity index (χ3n) is 5.29. The molecule has 1 saturated heterocycles. The quantitative estimate of drug-likeness (QED) is 0.575. The first-order chi connectivity index (χ1) is 13.9. The summed E-state index contributed by atoms with van der Waals surface area (Å²) >= 11 is 0. The number of aromatic nitrogens is 2. The lowest BCUT2D eigenvalue weighted by Gasteiger charge is -2.39. The number of nitro groups is 1. The van der Waals surface area contributed by atoms with E-state index in [1.165, 1.54) is 28.6 Å². The van der Waals surface area contributed by atoms with Gasteiger partial charge in [-0.2, -0.15) is 4.31 Å². The number of fused-ring (bicyclic) bond motifs is 1. The van der Waals surface area contributed by atoms with E-state index in [0.29, 0.717) is 19.0 Å². The van der Waals surface area contributed by atoms with E-state index in [-0.39, 0.29) is 17.5 Å². The van der Waals surface area contributed by atoms with Crippen LogP contribution in [0.25, 0.3) is 0 Å². The van der Waals surface area contributed by atoms with Crippen LogP contribution < -0.4 is 10.2 Å². The molecule has 2 aromatic rings. The van der Waals surface area contributed by atoms with Crippen molar-refractivity contribution in [3.63, 3.8) is 0 Å². The Labute approximate surface area is 168 Å². The van der Waals surface area contributed by atoms with E-state index in [1.54, 1.807) is 6.92 Å². The molecule has 154 valence electrons. The fourth-order valence-corrected chi connectivity index (χ4v) is 5.58. The van der Waals surface area contributed by atoms with Crippen LogP contribution in [0.3, 0.4) is 0 Å². The van der Waals surface area contributed by atoms with E-state index in [0.717, 1.165) is 30.8 Å². The first-order valence-electron chi connectivity index (χ1n) is 9.43. The van der Waals surface area contributed by atoms with Gasteiger partial charge in [0.2, 0.25) is 16.0 Å². The van der Waals surface area contributed by atoms with Gasteiger partial charge in [-0.25, -0.2) is 18.4 Å². The molecule has 0 spiro atoms. The summed E-state index contributed by atoms with van der Waals surface area (Å²) < 4.78 is 27.6. The summed E-state index contributed by atoms with van der Waals surface area (Å²) in [7, 11) is -3.99. The molecule has 0 radical (unpaired) electrons. The number of rotatable bonds is 4. The van der Waals surface area contributed by atoms with Gasteiger partial charge in [0.25, 0.3) is 5.69 Å². The maximum absolute atomic E-state index is 13.1. The molecular formula is C18H22N6O4S. The highest BCUT2D eigenvalue weighted by atomic mass is 32.2. The van der Waals surface area contributed by atoms with Crippen LogP contribution in [0, 0.1) is 10.1 Å². The van der Waals surface area contributed by atoms with Crippen LogP contribution in [-0.2, 0) is 23.0 Å². The molecule has 1 fully saturated rings. The fourth-order valence-electron chi connectivity index (χ4n) is 3.81. The maximum atomic E-state index is 13.1. The Morgan fingerprint density at radius 2 is 2.07 bits per heavy atom. The second-order valence-electron chi connectivity index (χ2n) is 7.20. The lowest BCUT2D eigenvalue weighted by atomic mass is 10.1. The highest BCUT2D eigenvalue weighted by Crippen LogP contribution is 2.29. The largest absolute Gasteiger partial charge is 0.338 e. The molecule has 0 amide bonds. The van der Waals surface area contributed by atoms with Crippen molar-refractivity contribution in [2.24, 2.45) is 0 Å². The molecule has 2 aliphatic heterocycles. The Bertz CT molecular complexity index is 1040. The number of nitro benzene ring substituents is 1. The fraction of sp³-hybridized carbons (Fsp3) is 0.444. The standard InChI is InChI=1S/C18H22N6O4S/c1-13-12-22(18-20-11-14-10-19-7-6-15(14)21-18)8-9-23(13)29(27,28)17-5-3-2-4-16(17)24(25)26/h2-5,11,13,19H,6-10,12H2,1H3. The molecule has 29 heavy (non-hydrogen) atoms. The van der Waals surface area contributed by atoms with Gasteiger partial charge in [0.15, 0.2) is 4.90 Å². The predicted octanol–water partition coefficient (Wildman–Crippen LogP) is 0.930. The van der Waals surface area contributed by atoms with Gasteiger partial charge >= 0.3 is 0 Å². The minimum atomic E-state index is -3.99. The van der Waals surface area contributed by atoms with Gasteiger partial charge in [-0.1, -0.05) is 12.1 Å². The number of sulfonamides is 1. The molecule has 1 unspecified atom stereocenters. The minimum absolute atomic E-state index is 0.206. The number of hydrogen-bond acceptors (Lipinski definition) is 8. The lowest BCUT2D eigenvalue weighted by molar-refractivity contribution is -0.387. The Hall–Kier alpha value is -2.63. The molecule has 1 atom stereocenters. The van der Waals surface area contributed by atoms with Crippen molar-refractivity contribution in [3.05, 3.63) is 51.8 Å². The number of benzene rings is 1. The van der Waals surface area contributed by atoms with Crippen molar-refractivity contribution in [2.45, 2.75) is 30.8 Å². The molecule has 1 N–H and O–H groups in total. The van der Waals surface area contributed by atoms with Crippen LogP contribution in [-0.4, -0.2) is 59.8 Å². The van der Waals surface area contributed by atoms with Crippen molar-refractivity contribution < 1.29 is 13.3 Å². The molecule has 1 aromatic heterocycles. The van der Waals surface area contributed by atoms with Crippen molar-refractivity contribution >= 4 is 21.7 Å². The lowest BCUT2D eigenvalue weighted by Crippen LogP contribution is -2.54. The van der Waals surface area contributed by atoms with Crippen LogP contribution in [0.5, 0.6) is 0 Å². The van der Waals surface area contributed by atoms with E-state index >= 15 is 0 Å². The zero-order chi connectivity index (χ0) is 20.6. The summed E-state index contributed by atoms with van der Waals surface area (Å²) in [4.78, 5) is 21.4. The van der Waals surface area contributed by atoms with Gasteiger partial charge < -0.3 is 10.2 Å². The topological polar surface area (TPSA) is 122 Å². The summed E-state index contributed by atoms with van der Waals surface area (Å²) in [6.45, 7) is 4.46. The zero-order valence-electron chi connectivity index (χ0n) is 16.0. The average Bonchev–Trinajstić information content (AvgIpc) is 2.73. The Balaban J connectivity index is 1.56. The molecule has 0 saturated carbocycles. The first-order valence-corrected chi connectivity index (χ1v) is 10.9. The number of para-hydroxylation sites is 1. The van der Waals surface area contributed by atoms with Crippen LogP contribution in [0.2, 0.25) is 0 Å². The highest BCUT2D eigenvalue weighted by molar-refractivity contribution is 7.89. The number of anilines is 1. The molecular weight excluding hydrogens is 396 g/mol. The summed E-state index contributed by atoms with van der Waals surface area (Å²) in [6.07, 6.45) is 2.66. The van der Waals surface area contributed by atoms with Crippen LogP contribution in [0.1, 0.15) is 18.2 Å². The van der Waals surface area contributed by atoms with Crippen LogP contribution in [0.4, 0.5) is 11.6 Å². The first kappa shape index (κ1) is 19.7. The van der Waals surface area contributed by atoms with E-state index < -0.39 is 20.6 Å². The SMILES string of the molecule is CC1CN(c2ncc3c(n2)CCNC3)CCN1S(=O)(=O)c1ccccc1[N+](=O)[O-]. The van der Waals surface area contributed by atoms with Crippen molar-refractivity contribution in [1.82, 2.24) is 19.6 Å². The number of nitrogens with one attached hydrogen (secondary N) is 1. The van der Waals surface area contributed by atoms with E-state index in [4.69, 9.17) is 0 Å². The number of hydrogen-bond donors (Lipinski definition) is 1. The maximum Gasteiger partial charge on any atom is 0.289 e. The van der Waals surface area contributed by atoms with E-state index in [9.17, 15) is 18.5 Å². The smallest absolute Gasteiger partial charge is 0.289 e. The van der Waals surface area contributed by atoms with Crippen molar-refractivity contribution in [1.29, 1.82) is 0 Å². The summed E-state index contributed by atoms with van der Waals surface area (Å²) in [5, 5.41) is 14.6. The zero-order valence-corrected chi connectivity index (χ0v) is 16.8. The van der Waals surface area contributed by atoms with Gasteiger partial charge in [0.05, 0.1) is 10.6 Å². The Morgan fingerprint density at radius 3 is 2.83 bits per heavy atom. The van der Waals surface area contributed by atoms with Gasteiger partial charge in [-0.15, -0.1) is 0 Å². The van der Waals surface area contributed by atoms with E-state index in [2.05, 4.69) is 15.3 Å². The molecule has 11 heteroatoms. The molecule has 2 aliphatic rings. The molecule has 3 heterocycles. The third-order valence-corrected chi connectivity index (χ3v) is 7.35. The van der Waals surface area contributed by atoms with Gasteiger partial charge in [-0.05, 0) is 13.0 Å². The predicted molar refractivity (Wildman–Crippen MR) is 106 cm³/mol. The Morgan fingerprint density at radius 1 is 1.28 bits per heavy atom. The highest BCUT2D eigenvalue weighted by Gasteiger charge is 2.37. The van der Waals surface area contributed by atoms with Gasteiger partial charge in [-0.3, -0.25) is 10.1 Å². The van der Waals surface area contributed by atoms with Gasteiger partial charge in [0, 0.05) is 63.0 Å². The summed E-state index contributed by atoms with van der Waals surface area (Å²) in [6, 6.07) is 5.07.